The molecule has 1 heterocycles. The number of nitrogens with one attached hydrogen (secondary N) is 1. The quantitative estimate of drug-likeness (QED) is 0.688. The second kappa shape index (κ2) is 5.08. The summed E-state index contributed by atoms with van der Waals surface area (Å²) in [6.45, 7) is 1.76. The van der Waals surface area contributed by atoms with Crippen LogP contribution < -0.4 is 11.1 Å². The average molecular weight is 283 g/mol. The molecule has 7 heteroatoms. The molecule has 4 N–H and O–H groups in total. The highest BCUT2D eigenvalue weighted by molar-refractivity contribution is 8.00. The van der Waals surface area contributed by atoms with E-state index in [2.05, 4.69) is 10.3 Å². The maximum atomic E-state index is 13.9. The highest BCUT2D eigenvalue weighted by atomic mass is 32.2. The van der Waals surface area contributed by atoms with Crippen molar-refractivity contribution in [3.63, 3.8) is 0 Å². The molecule has 1 aliphatic rings. The second-order valence-electron chi connectivity index (χ2n) is 4.49. The molecule has 0 aliphatic carbocycles. The van der Waals surface area contributed by atoms with Crippen LogP contribution in [0.15, 0.2) is 23.2 Å². The van der Waals surface area contributed by atoms with E-state index >= 15 is 0 Å². The number of aliphatic imine (C=N–C) groups is 1. The van der Waals surface area contributed by atoms with Crippen LogP contribution >= 0.6 is 11.8 Å². The molecule has 0 saturated heterocycles. The van der Waals surface area contributed by atoms with Gasteiger partial charge in [0.05, 0.1) is 11.3 Å². The van der Waals surface area contributed by atoms with Crippen LogP contribution in [0.5, 0.6) is 0 Å². The van der Waals surface area contributed by atoms with Gasteiger partial charge in [-0.25, -0.2) is 9.18 Å². The first-order valence-corrected chi connectivity index (χ1v) is 6.78. The van der Waals surface area contributed by atoms with Crippen LogP contribution in [-0.2, 0) is 5.54 Å². The van der Waals surface area contributed by atoms with Gasteiger partial charge in [0.25, 0.3) is 0 Å². The van der Waals surface area contributed by atoms with E-state index in [0.29, 0.717) is 28.6 Å². The molecular formula is C12H14FN3O2S. The van der Waals surface area contributed by atoms with Crippen molar-refractivity contribution in [3.05, 3.63) is 29.6 Å². The highest BCUT2D eigenvalue weighted by Gasteiger charge is 2.33. The van der Waals surface area contributed by atoms with Crippen molar-refractivity contribution < 1.29 is 14.3 Å². The molecule has 0 saturated carbocycles. The van der Waals surface area contributed by atoms with Crippen molar-refractivity contribution in [3.8, 4) is 0 Å². The fourth-order valence-electron chi connectivity index (χ4n) is 1.99. The largest absolute Gasteiger partial charge is 0.465 e. The van der Waals surface area contributed by atoms with Gasteiger partial charge in [0, 0.05) is 17.0 Å². The summed E-state index contributed by atoms with van der Waals surface area (Å²) in [7, 11) is 0. The number of hydrogen-bond donors (Lipinski definition) is 3. The Morgan fingerprint density at radius 3 is 3.05 bits per heavy atom. The summed E-state index contributed by atoms with van der Waals surface area (Å²) in [5, 5.41) is 10.9. The van der Waals surface area contributed by atoms with E-state index in [1.54, 1.807) is 13.0 Å². The molecule has 1 aromatic carbocycles. The van der Waals surface area contributed by atoms with Crippen LogP contribution in [0.4, 0.5) is 14.9 Å². The van der Waals surface area contributed by atoms with Crippen molar-refractivity contribution >= 4 is 29.4 Å². The molecule has 19 heavy (non-hydrogen) atoms. The number of amides is 1. The zero-order chi connectivity index (χ0) is 14.0. The Morgan fingerprint density at radius 1 is 1.63 bits per heavy atom. The predicted molar refractivity (Wildman–Crippen MR) is 74.1 cm³/mol. The Kier molecular flexibility index (Phi) is 3.66. The number of nitrogen functional groups attached to an aromatic ring is 1. The van der Waals surface area contributed by atoms with Crippen LogP contribution in [0.1, 0.15) is 12.5 Å². The third-order valence-corrected chi connectivity index (χ3v) is 4.07. The van der Waals surface area contributed by atoms with E-state index in [-0.39, 0.29) is 0 Å². The number of thioether (sulfide) groups is 1. The summed E-state index contributed by atoms with van der Waals surface area (Å²) in [4.78, 5) is 15.0. The lowest BCUT2D eigenvalue weighted by Gasteiger charge is -2.31. The molecule has 2 rings (SSSR count). The number of nitrogens with two attached hydrogens (primary N) is 1. The number of anilines is 1. The van der Waals surface area contributed by atoms with Gasteiger partial charge in [-0.1, -0.05) is 0 Å². The van der Waals surface area contributed by atoms with Crippen molar-refractivity contribution in [1.82, 2.24) is 5.32 Å². The zero-order valence-corrected chi connectivity index (χ0v) is 11.1. The summed E-state index contributed by atoms with van der Waals surface area (Å²) in [5.74, 6) is 0.968. The molecule has 1 amide bonds. The van der Waals surface area contributed by atoms with Gasteiger partial charge < -0.3 is 10.8 Å². The van der Waals surface area contributed by atoms with Gasteiger partial charge in [0.1, 0.15) is 11.7 Å². The SMILES string of the molecule is CC1(c2cc(N)ccc2F)CSCC(NC(=O)O)=N1. The van der Waals surface area contributed by atoms with Crippen molar-refractivity contribution in [2.45, 2.75) is 12.5 Å². The number of rotatable bonds is 1. The zero-order valence-electron chi connectivity index (χ0n) is 10.3. The van der Waals surface area contributed by atoms with Gasteiger partial charge in [-0.15, -0.1) is 0 Å². The van der Waals surface area contributed by atoms with E-state index in [9.17, 15) is 9.18 Å². The predicted octanol–water partition coefficient (Wildman–Crippen LogP) is 2.04. The van der Waals surface area contributed by atoms with Crippen molar-refractivity contribution in [2.24, 2.45) is 4.99 Å². The third-order valence-electron chi connectivity index (χ3n) is 2.83. The number of carbonyl (C=O) groups is 1. The summed E-state index contributed by atoms with van der Waals surface area (Å²) in [6, 6.07) is 4.33. The van der Waals surface area contributed by atoms with E-state index in [1.807, 2.05) is 0 Å². The fraction of sp³-hybridized carbons (Fsp3) is 0.333. The van der Waals surface area contributed by atoms with E-state index in [0.717, 1.165) is 0 Å². The Labute approximate surface area is 114 Å². The Hall–Kier alpha value is -1.76. The standard InChI is InChI=1S/C12H14FN3O2S/c1-12(8-4-7(14)2-3-9(8)13)6-19-5-10(16-12)15-11(17)18/h2-4H,5-6,14H2,1H3,(H,15,16)(H,17,18). The lowest BCUT2D eigenvalue weighted by Crippen LogP contribution is -2.39. The monoisotopic (exact) mass is 283 g/mol. The first-order valence-electron chi connectivity index (χ1n) is 5.63. The van der Waals surface area contributed by atoms with Crippen LogP contribution in [0.2, 0.25) is 0 Å². The second-order valence-corrected chi connectivity index (χ2v) is 5.48. The number of halogens is 1. The minimum Gasteiger partial charge on any atom is -0.465 e. The molecule has 1 unspecified atom stereocenters. The smallest absolute Gasteiger partial charge is 0.410 e. The molecule has 1 aliphatic heterocycles. The van der Waals surface area contributed by atoms with Crippen LogP contribution in [-0.4, -0.2) is 28.5 Å². The lowest BCUT2D eigenvalue weighted by atomic mass is 9.93. The molecule has 0 radical (unpaired) electrons. The van der Waals surface area contributed by atoms with E-state index < -0.39 is 17.4 Å². The maximum Gasteiger partial charge on any atom is 0.410 e. The van der Waals surface area contributed by atoms with Crippen LogP contribution in [0.3, 0.4) is 0 Å². The van der Waals surface area contributed by atoms with Crippen LogP contribution in [0, 0.1) is 5.82 Å². The maximum absolute atomic E-state index is 13.9. The molecular weight excluding hydrogens is 269 g/mol. The minimum absolute atomic E-state index is 0.327. The normalized spacial score (nSPS) is 22.7. The summed E-state index contributed by atoms with van der Waals surface area (Å²) >= 11 is 1.50. The molecule has 0 spiro atoms. The minimum atomic E-state index is -1.17. The number of hydrogen-bond acceptors (Lipinski definition) is 4. The van der Waals surface area contributed by atoms with Gasteiger partial charge in [-0.05, 0) is 25.1 Å². The number of carboxylic acid groups (broad SMARTS) is 1. The van der Waals surface area contributed by atoms with Gasteiger partial charge >= 0.3 is 6.09 Å². The summed E-state index contributed by atoms with van der Waals surface area (Å²) in [6.07, 6.45) is -1.17. The Morgan fingerprint density at radius 2 is 2.37 bits per heavy atom. The summed E-state index contributed by atoms with van der Waals surface area (Å²) < 4.78 is 13.9. The number of benzene rings is 1. The fourth-order valence-corrected chi connectivity index (χ4v) is 3.04. The third kappa shape index (κ3) is 2.98. The van der Waals surface area contributed by atoms with Gasteiger partial charge in [0.2, 0.25) is 0 Å². The molecule has 1 atom stereocenters. The number of nitrogens with zero attached hydrogens (tertiary/aromatic N) is 1. The Balaban J connectivity index is 2.40. The average Bonchev–Trinajstić information content (AvgIpc) is 2.31. The van der Waals surface area contributed by atoms with Gasteiger partial charge in [-0.2, -0.15) is 11.8 Å². The topological polar surface area (TPSA) is 87.7 Å². The molecule has 102 valence electrons. The van der Waals surface area contributed by atoms with Gasteiger partial charge in [-0.3, -0.25) is 10.3 Å². The molecule has 0 bridgehead atoms. The summed E-state index contributed by atoms with van der Waals surface area (Å²) in [5.41, 5.74) is 5.69. The van der Waals surface area contributed by atoms with E-state index in [4.69, 9.17) is 10.8 Å². The number of amidine groups is 1. The molecule has 0 fully saturated rings. The molecule has 0 aromatic heterocycles. The lowest BCUT2D eigenvalue weighted by molar-refractivity contribution is 0.200. The molecule has 1 aromatic rings. The van der Waals surface area contributed by atoms with Gasteiger partial charge in [0.15, 0.2) is 0 Å². The van der Waals surface area contributed by atoms with Crippen molar-refractivity contribution in [1.29, 1.82) is 0 Å². The van der Waals surface area contributed by atoms with Crippen LogP contribution in [0.25, 0.3) is 0 Å². The highest BCUT2D eigenvalue weighted by Crippen LogP contribution is 2.35. The van der Waals surface area contributed by atoms with E-state index in [1.165, 1.54) is 23.9 Å². The van der Waals surface area contributed by atoms with Crippen molar-refractivity contribution in [2.75, 3.05) is 17.2 Å². The molecule has 5 nitrogen and oxygen atoms in total. The Bertz CT molecular complexity index is 550. The first kappa shape index (κ1) is 13.7. The first-order chi connectivity index (χ1) is 8.90.